The first-order valence-corrected chi connectivity index (χ1v) is 6.80. The highest BCUT2D eigenvalue weighted by atomic mass is 32.2. The zero-order valence-corrected chi connectivity index (χ0v) is 9.55. The van der Waals surface area contributed by atoms with Crippen LogP contribution in [-0.4, -0.2) is 33.1 Å². The predicted octanol–water partition coefficient (Wildman–Crippen LogP) is 2.48. The summed E-state index contributed by atoms with van der Waals surface area (Å²) in [6.45, 7) is 2.10. The van der Waals surface area contributed by atoms with E-state index in [1.165, 1.54) is 0 Å². The molecular weight excluding hydrogens is 204 g/mol. The largest absolute Gasteiger partial charge is 0.480 e. The molecule has 1 aliphatic heterocycles. The monoisotopic (exact) mass is 220 g/mol. The van der Waals surface area contributed by atoms with Crippen LogP contribution in [0.1, 0.15) is 26.2 Å². The number of rotatable bonds is 4. The molecule has 0 aliphatic carbocycles. The minimum Gasteiger partial charge on any atom is -0.480 e. The van der Waals surface area contributed by atoms with Gasteiger partial charge in [0.25, 0.3) is 0 Å². The lowest BCUT2D eigenvalue weighted by atomic mass is 10.0. The molecule has 0 spiro atoms. The molecule has 0 bridgehead atoms. The van der Waals surface area contributed by atoms with Crippen LogP contribution in [0.15, 0.2) is 0 Å². The van der Waals surface area contributed by atoms with Crippen molar-refractivity contribution in [3.05, 3.63) is 0 Å². The molecule has 1 saturated heterocycles. The Hall–Kier alpha value is 0.170. The van der Waals surface area contributed by atoms with Gasteiger partial charge in [0.15, 0.2) is 0 Å². The van der Waals surface area contributed by atoms with E-state index in [-0.39, 0.29) is 0 Å². The molecule has 2 nitrogen and oxygen atoms in total. The van der Waals surface area contributed by atoms with Crippen molar-refractivity contribution in [2.24, 2.45) is 0 Å². The fraction of sp³-hybridized carbons (Fsp3) is 0.889. The van der Waals surface area contributed by atoms with Crippen LogP contribution >= 0.6 is 23.5 Å². The van der Waals surface area contributed by atoms with Gasteiger partial charge in [-0.15, -0.1) is 11.8 Å². The average molecular weight is 220 g/mol. The molecular formula is C9H16O2S2. The third-order valence-corrected chi connectivity index (χ3v) is 5.01. The van der Waals surface area contributed by atoms with Gasteiger partial charge < -0.3 is 5.11 Å². The van der Waals surface area contributed by atoms with Gasteiger partial charge in [-0.3, -0.25) is 4.79 Å². The van der Waals surface area contributed by atoms with Gasteiger partial charge in [0.1, 0.15) is 4.75 Å². The van der Waals surface area contributed by atoms with Crippen molar-refractivity contribution in [1.82, 2.24) is 0 Å². The van der Waals surface area contributed by atoms with Crippen LogP contribution in [0.25, 0.3) is 0 Å². The zero-order chi connectivity index (χ0) is 9.73. The van der Waals surface area contributed by atoms with Gasteiger partial charge in [0.2, 0.25) is 0 Å². The molecule has 1 heterocycles. The first-order chi connectivity index (χ1) is 6.21. The van der Waals surface area contributed by atoms with Crippen molar-refractivity contribution in [2.45, 2.75) is 30.9 Å². The molecule has 0 atom stereocenters. The van der Waals surface area contributed by atoms with Gasteiger partial charge in [-0.05, 0) is 36.5 Å². The Balaban J connectivity index is 2.56. The summed E-state index contributed by atoms with van der Waals surface area (Å²) >= 11 is 3.51. The van der Waals surface area contributed by atoms with Crippen LogP contribution in [0.5, 0.6) is 0 Å². The maximum absolute atomic E-state index is 11.2. The summed E-state index contributed by atoms with van der Waals surface area (Å²) in [6, 6.07) is 0. The van der Waals surface area contributed by atoms with E-state index in [4.69, 9.17) is 0 Å². The molecule has 0 aromatic rings. The Kier molecular flexibility index (Phi) is 4.46. The second kappa shape index (κ2) is 5.15. The van der Waals surface area contributed by atoms with Crippen LogP contribution in [0.3, 0.4) is 0 Å². The van der Waals surface area contributed by atoms with Crippen molar-refractivity contribution in [2.75, 3.05) is 17.3 Å². The molecule has 1 N–H and O–H groups in total. The molecule has 13 heavy (non-hydrogen) atoms. The summed E-state index contributed by atoms with van der Waals surface area (Å²) < 4.78 is -0.457. The van der Waals surface area contributed by atoms with Crippen LogP contribution in [0, 0.1) is 0 Å². The number of carboxylic acid groups (broad SMARTS) is 1. The summed E-state index contributed by atoms with van der Waals surface area (Å²) in [5, 5.41) is 9.19. The Bertz CT molecular complexity index is 176. The quantitative estimate of drug-likeness (QED) is 0.790. The Morgan fingerprint density at radius 2 is 2.15 bits per heavy atom. The summed E-state index contributed by atoms with van der Waals surface area (Å²) in [4.78, 5) is 11.2. The fourth-order valence-electron chi connectivity index (χ4n) is 1.42. The third kappa shape index (κ3) is 2.81. The molecule has 0 aromatic heterocycles. The predicted molar refractivity (Wildman–Crippen MR) is 59.7 cm³/mol. The Labute approximate surface area is 87.9 Å². The minimum absolute atomic E-state index is 0.457. The first-order valence-electron chi connectivity index (χ1n) is 4.66. The maximum atomic E-state index is 11.2. The van der Waals surface area contributed by atoms with Crippen molar-refractivity contribution in [3.63, 3.8) is 0 Å². The van der Waals surface area contributed by atoms with E-state index in [2.05, 4.69) is 6.92 Å². The lowest BCUT2D eigenvalue weighted by Crippen LogP contribution is -2.39. The number of carbonyl (C=O) groups is 1. The number of carboxylic acids is 1. The van der Waals surface area contributed by atoms with Gasteiger partial charge in [-0.1, -0.05) is 6.92 Å². The van der Waals surface area contributed by atoms with Crippen molar-refractivity contribution in [3.8, 4) is 0 Å². The van der Waals surface area contributed by atoms with Gasteiger partial charge in [0.05, 0.1) is 0 Å². The smallest absolute Gasteiger partial charge is 0.319 e. The van der Waals surface area contributed by atoms with Crippen LogP contribution in [0.2, 0.25) is 0 Å². The van der Waals surface area contributed by atoms with Crippen molar-refractivity contribution < 1.29 is 9.90 Å². The highest BCUT2D eigenvalue weighted by molar-refractivity contribution is 8.02. The SMILES string of the molecule is CCCSC1(C(=O)O)CCSCC1. The average Bonchev–Trinajstić information content (AvgIpc) is 2.16. The first kappa shape index (κ1) is 11.2. The topological polar surface area (TPSA) is 37.3 Å². The second-order valence-electron chi connectivity index (χ2n) is 3.26. The van der Waals surface area contributed by atoms with Gasteiger partial charge in [0, 0.05) is 0 Å². The molecule has 0 aromatic carbocycles. The maximum Gasteiger partial charge on any atom is 0.319 e. The Morgan fingerprint density at radius 3 is 2.62 bits per heavy atom. The highest BCUT2D eigenvalue weighted by Gasteiger charge is 2.39. The molecule has 0 unspecified atom stereocenters. The van der Waals surface area contributed by atoms with Crippen LogP contribution in [0.4, 0.5) is 0 Å². The van der Waals surface area contributed by atoms with E-state index >= 15 is 0 Å². The highest BCUT2D eigenvalue weighted by Crippen LogP contribution is 2.39. The van der Waals surface area contributed by atoms with Gasteiger partial charge in [-0.2, -0.15) is 11.8 Å². The fourth-order valence-corrected chi connectivity index (χ4v) is 4.08. The molecule has 76 valence electrons. The molecule has 0 amide bonds. The van der Waals surface area contributed by atoms with E-state index in [1.807, 2.05) is 11.8 Å². The van der Waals surface area contributed by atoms with Crippen molar-refractivity contribution in [1.29, 1.82) is 0 Å². The number of hydrogen-bond donors (Lipinski definition) is 1. The Morgan fingerprint density at radius 1 is 1.54 bits per heavy atom. The molecule has 0 radical (unpaired) electrons. The summed E-state index contributed by atoms with van der Waals surface area (Å²) in [6.07, 6.45) is 2.72. The lowest BCUT2D eigenvalue weighted by Gasteiger charge is -2.32. The molecule has 1 rings (SSSR count). The third-order valence-electron chi connectivity index (χ3n) is 2.27. The summed E-state index contributed by atoms with van der Waals surface area (Å²) in [5.41, 5.74) is 0. The molecule has 4 heteroatoms. The van der Waals surface area contributed by atoms with E-state index < -0.39 is 10.7 Å². The van der Waals surface area contributed by atoms with Crippen LogP contribution < -0.4 is 0 Å². The van der Waals surface area contributed by atoms with Crippen molar-refractivity contribution >= 4 is 29.5 Å². The van der Waals surface area contributed by atoms with Crippen LogP contribution in [-0.2, 0) is 4.79 Å². The van der Waals surface area contributed by atoms with Gasteiger partial charge >= 0.3 is 5.97 Å². The van der Waals surface area contributed by atoms with E-state index in [9.17, 15) is 9.90 Å². The second-order valence-corrected chi connectivity index (χ2v) is 5.96. The number of thioether (sulfide) groups is 2. The zero-order valence-electron chi connectivity index (χ0n) is 7.91. The standard InChI is InChI=1S/C9H16O2S2/c1-2-5-13-9(8(10)11)3-6-12-7-4-9/h2-7H2,1H3,(H,10,11). The van der Waals surface area contributed by atoms with E-state index in [0.717, 1.165) is 36.5 Å². The van der Waals surface area contributed by atoms with E-state index in [1.54, 1.807) is 11.8 Å². The van der Waals surface area contributed by atoms with E-state index in [0.29, 0.717) is 0 Å². The molecule has 1 aliphatic rings. The lowest BCUT2D eigenvalue weighted by molar-refractivity contribution is -0.140. The molecule has 0 saturated carbocycles. The summed E-state index contributed by atoms with van der Waals surface area (Å²) in [7, 11) is 0. The summed E-state index contributed by atoms with van der Waals surface area (Å²) in [5.74, 6) is 2.37. The number of aliphatic carboxylic acids is 1. The van der Waals surface area contributed by atoms with Gasteiger partial charge in [-0.25, -0.2) is 0 Å². The minimum atomic E-state index is -0.605. The molecule has 1 fully saturated rings. The normalized spacial score (nSPS) is 21.3. The number of hydrogen-bond acceptors (Lipinski definition) is 3.